The summed E-state index contributed by atoms with van der Waals surface area (Å²) in [5.41, 5.74) is 0.479. The van der Waals surface area contributed by atoms with Crippen molar-refractivity contribution >= 4 is 5.90 Å². The quantitative estimate of drug-likeness (QED) is 0.556. The summed E-state index contributed by atoms with van der Waals surface area (Å²) in [6, 6.07) is 5.74. The van der Waals surface area contributed by atoms with Crippen LogP contribution in [0.5, 0.6) is 0 Å². The minimum absolute atomic E-state index is 0.173. The zero-order valence-electron chi connectivity index (χ0n) is 9.16. The summed E-state index contributed by atoms with van der Waals surface area (Å²) < 4.78 is 12.7. The van der Waals surface area contributed by atoms with Crippen molar-refractivity contribution in [3.8, 4) is 0 Å². The predicted molar refractivity (Wildman–Crippen MR) is 59.8 cm³/mol. The Balaban J connectivity index is 2.07. The normalized spacial score (nSPS) is 18.7. The first-order valence-electron chi connectivity index (χ1n) is 5.76. The van der Waals surface area contributed by atoms with Crippen molar-refractivity contribution < 1.29 is 9.50 Å². The third-order valence-electron chi connectivity index (χ3n) is 2.97. The van der Waals surface area contributed by atoms with Crippen LogP contribution in [0.3, 0.4) is 0 Å². The number of hydrogen-bond acceptors (Lipinski definition) is 2. The van der Waals surface area contributed by atoms with E-state index in [2.05, 4.69) is 4.99 Å². The molecule has 1 aliphatic carbocycles. The highest BCUT2D eigenvalue weighted by molar-refractivity contribution is 5.90. The summed E-state index contributed by atoms with van der Waals surface area (Å²) >= 11 is 0. The summed E-state index contributed by atoms with van der Waals surface area (Å²) in [4.78, 5) is 4.17. The van der Waals surface area contributed by atoms with Gasteiger partial charge >= 0.3 is 0 Å². The van der Waals surface area contributed by atoms with E-state index in [0.29, 0.717) is 5.56 Å². The summed E-state index contributed by atoms with van der Waals surface area (Å²) in [6.45, 7) is 0. The lowest BCUT2D eigenvalue weighted by atomic mass is 9.96. The summed E-state index contributed by atoms with van der Waals surface area (Å²) in [7, 11) is 0. The molecular formula is C13H15FNO-. The number of rotatable bonds is 2. The monoisotopic (exact) mass is 220 g/mol. The highest BCUT2D eigenvalue weighted by Crippen LogP contribution is 2.20. The number of halogens is 1. The predicted octanol–water partition coefficient (Wildman–Crippen LogP) is 2.27. The lowest BCUT2D eigenvalue weighted by Gasteiger charge is -2.21. The molecule has 0 N–H and O–H groups in total. The van der Waals surface area contributed by atoms with E-state index in [0.717, 1.165) is 25.7 Å². The fourth-order valence-electron chi connectivity index (χ4n) is 2.04. The van der Waals surface area contributed by atoms with Gasteiger partial charge in [0, 0.05) is 6.04 Å². The number of aliphatic imine (C=N–C) groups is 1. The van der Waals surface area contributed by atoms with Crippen molar-refractivity contribution in [2.45, 2.75) is 38.1 Å². The smallest absolute Gasteiger partial charge is 0.123 e. The zero-order valence-corrected chi connectivity index (χ0v) is 9.16. The van der Waals surface area contributed by atoms with Gasteiger partial charge in [0.1, 0.15) is 5.82 Å². The molecule has 1 aliphatic rings. The third-order valence-corrected chi connectivity index (χ3v) is 2.97. The molecule has 0 unspecified atom stereocenters. The molecule has 1 aromatic carbocycles. The molecule has 0 heterocycles. The van der Waals surface area contributed by atoms with Crippen LogP contribution in [0, 0.1) is 5.82 Å². The van der Waals surface area contributed by atoms with Crippen molar-refractivity contribution in [3.05, 3.63) is 35.6 Å². The van der Waals surface area contributed by atoms with Crippen molar-refractivity contribution in [2.24, 2.45) is 4.99 Å². The van der Waals surface area contributed by atoms with E-state index in [-0.39, 0.29) is 17.8 Å². The summed E-state index contributed by atoms with van der Waals surface area (Å²) in [6.07, 6.45) is 5.58. The first kappa shape index (κ1) is 11.1. The molecule has 16 heavy (non-hydrogen) atoms. The van der Waals surface area contributed by atoms with Crippen LogP contribution in [0.2, 0.25) is 0 Å². The van der Waals surface area contributed by atoms with Gasteiger partial charge in [-0.1, -0.05) is 31.4 Å². The fraction of sp³-hybridized carbons (Fsp3) is 0.462. The van der Waals surface area contributed by atoms with Crippen molar-refractivity contribution in [3.63, 3.8) is 0 Å². The topological polar surface area (TPSA) is 35.4 Å². The van der Waals surface area contributed by atoms with Crippen molar-refractivity contribution in [1.82, 2.24) is 0 Å². The van der Waals surface area contributed by atoms with Crippen LogP contribution >= 0.6 is 0 Å². The zero-order chi connectivity index (χ0) is 11.4. The fourth-order valence-corrected chi connectivity index (χ4v) is 2.04. The first-order valence-corrected chi connectivity index (χ1v) is 5.76. The molecule has 1 fully saturated rings. The van der Waals surface area contributed by atoms with Crippen molar-refractivity contribution in [1.29, 1.82) is 0 Å². The molecule has 2 nitrogen and oxygen atoms in total. The largest absolute Gasteiger partial charge is 0.858 e. The molecule has 0 spiro atoms. The van der Waals surface area contributed by atoms with E-state index in [4.69, 9.17) is 0 Å². The van der Waals surface area contributed by atoms with E-state index in [1.54, 1.807) is 0 Å². The molecule has 2 rings (SSSR count). The van der Waals surface area contributed by atoms with Crippen LogP contribution < -0.4 is 5.11 Å². The number of hydrogen-bond donors (Lipinski definition) is 0. The maximum atomic E-state index is 12.7. The SMILES string of the molecule is [O-]C(=NC1CCCCC1)c1ccc(F)cc1. The Labute approximate surface area is 94.8 Å². The van der Waals surface area contributed by atoms with E-state index < -0.39 is 0 Å². The standard InChI is InChI=1S/C13H16FNO/c14-11-8-6-10(7-9-11)13(16)15-12-4-2-1-3-5-12/h6-9,12H,1-5H2,(H,15,16)/p-1. The molecule has 0 atom stereocenters. The van der Waals surface area contributed by atoms with Gasteiger partial charge < -0.3 is 5.11 Å². The van der Waals surface area contributed by atoms with E-state index in [1.807, 2.05) is 0 Å². The number of nitrogens with zero attached hydrogens (tertiary/aromatic N) is 1. The van der Waals surface area contributed by atoms with Crippen LogP contribution in [0.15, 0.2) is 29.3 Å². The van der Waals surface area contributed by atoms with Gasteiger partial charge in [0.2, 0.25) is 0 Å². The van der Waals surface area contributed by atoms with Crippen LogP contribution in [0.25, 0.3) is 0 Å². The lowest BCUT2D eigenvalue weighted by Crippen LogP contribution is -2.23. The second-order valence-corrected chi connectivity index (χ2v) is 4.23. The second-order valence-electron chi connectivity index (χ2n) is 4.23. The van der Waals surface area contributed by atoms with Crippen LogP contribution in [-0.2, 0) is 0 Å². The van der Waals surface area contributed by atoms with Gasteiger partial charge in [-0.3, -0.25) is 4.99 Å². The molecule has 3 heteroatoms. The van der Waals surface area contributed by atoms with Gasteiger partial charge in [0.15, 0.2) is 0 Å². The molecule has 86 valence electrons. The van der Waals surface area contributed by atoms with Gasteiger partial charge in [-0.2, -0.15) is 0 Å². The Morgan fingerprint density at radius 2 is 1.75 bits per heavy atom. The molecule has 0 bridgehead atoms. The first-order chi connectivity index (χ1) is 7.75. The maximum Gasteiger partial charge on any atom is 0.123 e. The molecule has 1 aromatic rings. The minimum Gasteiger partial charge on any atom is -0.858 e. The Morgan fingerprint density at radius 3 is 2.38 bits per heavy atom. The Hall–Kier alpha value is -1.38. The Bertz CT molecular complexity index is 366. The summed E-state index contributed by atoms with van der Waals surface area (Å²) in [5.74, 6) is -0.541. The van der Waals surface area contributed by atoms with Gasteiger partial charge in [0.25, 0.3) is 0 Å². The number of benzene rings is 1. The van der Waals surface area contributed by atoms with E-state index in [1.165, 1.54) is 30.7 Å². The van der Waals surface area contributed by atoms with E-state index >= 15 is 0 Å². The Morgan fingerprint density at radius 1 is 1.12 bits per heavy atom. The molecule has 0 radical (unpaired) electrons. The van der Waals surface area contributed by atoms with Crippen LogP contribution in [0.1, 0.15) is 37.7 Å². The molecule has 0 aromatic heterocycles. The molecular weight excluding hydrogens is 205 g/mol. The molecule has 0 amide bonds. The van der Waals surface area contributed by atoms with E-state index in [9.17, 15) is 9.50 Å². The second kappa shape index (κ2) is 5.10. The molecule has 1 saturated carbocycles. The van der Waals surface area contributed by atoms with Crippen LogP contribution in [-0.4, -0.2) is 11.9 Å². The van der Waals surface area contributed by atoms with Crippen molar-refractivity contribution in [2.75, 3.05) is 0 Å². The highest BCUT2D eigenvalue weighted by atomic mass is 19.1. The highest BCUT2D eigenvalue weighted by Gasteiger charge is 2.11. The average Bonchev–Trinajstić information content (AvgIpc) is 2.31. The lowest BCUT2D eigenvalue weighted by molar-refractivity contribution is -0.213. The van der Waals surface area contributed by atoms with Crippen LogP contribution in [0.4, 0.5) is 4.39 Å². The maximum absolute atomic E-state index is 12.7. The minimum atomic E-state index is -0.325. The summed E-state index contributed by atoms with van der Waals surface area (Å²) in [5, 5.41) is 11.7. The third kappa shape index (κ3) is 2.81. The Kier molecular flexibility index (Phi) is 3.54. The van der Waals surface area contributed by atoms with Gasteiger partial charge in [-0.05, 0) is 36.4 Å². The average molecular weight is 220 g/mol. The van der Waals surface area contributed by atoms with Gasteiger partial charge in [-0.25, -0.2) is 4.39 Å². The molecule has 0 saturated heterocycles. The molecule has 0 aliphatic heterocycles. The van der Waals surface area contributed by atoms with Gasteiger partial charge in [0.05, 0.1) is 0 Å². The van der Waals surface area contributed by atoms with Gasteiger partial charge in [-0.15, -0.1) is 0 Å².